The summed E-state index contributed by atoms with van der Waals surface area (Å²) in [6.45, 7) is 14.1. The predicted molar refractivity (Wildman–Crippen MR) is 122 cm³/mol. The second-order valence-electron chi connectivity index (χ2n) is 10.6. The van der Waals surface area contributed by atoms with Gasteiger partial charge in [0.1, 0.15) is 28.5 Å². The van der Waals surface area contributed by atoms with E-state index < -0.39 is 32.2 Å². The molecule has 1 amide bonds. The number of benzene rings is 1. The lowest BCUT2D eigenvalue weighted by Crippen LogP contribution is -2.54. The fraction of sp³-hybridized carbons (Fsp3) is 0.682. The standard InChI is InChI=1S/C22H35N3O6Si/c1-21(2,3)32(6,7)30-13(8-9-26)10-18(27)23-19-14-11-15-16(25-31-24-15)12-17(14)29-22(4,5)20(19)28/h11-13,19-20,26,28H,8-10H2,1-7H3,(H,23,27). The number of hydrogen-bond acceptors (Lipinski definition) is 8. The summed E-state index contributed by atoms with van der Waals surface area (Å²) in [5.41, 5.74) is 0.722. The fourth-order valence-corrected chi connectivity index (χ4v) is 5.00. The molecule has 10 heteroatoms. The van der Waals surface area contributed by atoms with Crippen LogP contribution in [0, 0.1) is 0 Å². The Morgan fingerprint density at radius 2 is 1.91 bits per heavy atom. The van der Waals surface area contributed by atoms with Crippen molar-refractivity contribution in [1.82, 2.24) is 15.6 Å². The molecule has 0 fully saturated rings. The zero-order valence-electron chi connectivity index (χ0n) is 19.9. The van der Waals surface area contributed by atoms with Crippen LogP contribution in [0.15, 0.2) is 16.8 Å². The molecule has 0 spiro atoms. The SMILES string of the molecule is CC1(C)Oc2cc3nonc3cc2C(NC(=O)CC(CCO)O[Si](C)(C)C(C)(C)C)C1O. The number of ether oxygens (including phenoxy) is 1. The maximum absolute atomic E-state index is 13.1. The molecule has 3 atom stereocenters. The summed E-state index contributed by atoms with van der Waals surface area (Å²) in [6.07, 6.45) is -0.953. The molecule has 1 aromatic heterocycles. The van der Waals surface area contributed by atoms with Crippen LogP contribution in [0.25, 0.3) is 11.0 Å². The molecule has 3 rings (SSSR count). The third-order valence-corrected chi connectivity index (χ3v) is 11.1. The fourth-order valence-electron chi connectivity index (χ4n) is 3.61. The van der Waals surface area contributed by atoms with Crippen molar-refractivity contribution < 1.29 is 28.8 Å². The number of fused-ring (bicyclic) bond motifs is 2. The molecular formula is C22H35N3O6Si. The summed E-state index contributed by atoms with van der Waals surface area (Å²) < 4.78 is 17.2. The van der Waals surface area contributed by atoms with E-state index in [-0.39, 0.29) is 24.0 Å². The molecule has 0 bridgehead atoms. The molecule has 2 heterocycles. The van der Waals surface area contributed by atoms with Crippen molar-refractivity contribution in [3.05, 3.63) is 17.7 Å². The maximum atomic E-state index is 13.1. The molecule has 1 aliphatic heterocycles. The summed E-state index contributed by atoms with van der Waals surface area (Å²) in [4.78, 5) is 13.1. The minimum Gasteiger partial charge on any atom is -0.485 e. The van der Waals surface area contributed by atoms with Gasteiger partial charge in [-0.1, -0.05) is 20.8 Å². The van der Waals surface area contributed by atoms with E-state index in [2.05, 4.69) is 49.5 Å². The highest BCUT2D eigenvalue weighted by Gasteiger charge is 2.44. The number of aliphatic hydroxyl groups excluding tert-OH is 2. The van der Waals surface area contributed by atoms with Gasteiger partial charge in [-0.2, -0.15) is 0 Å². The number of carbonyl (C=O) groups is 1. The Hall–Kier alpha value is -2.01. The van der Waals surface area contributed by atoms with E-state index in [1.54, 1.807) is 26.0 Å². The number of hydrogen-bond donors (Lipinski definition) is 3. The third-order valence-electron chi connectivity index (χ3n) is 6.57. The Morgan fingerprint density at radius 3 is 2.50 bits per heavy atom. The van der Waals surface area contributed by atoms with Crippen molar-refractivity contribution in [3.63, 3.8) is 0 Å². The van der Waals surface area contributed by atoms with Gasteiger partial charge in [0.25, 0.3) is 0 Å². The second kappa shape index (κ2) is 8.73. The van der Waals surface area contributed by atoms with Crippen LogP contribution in [0.1, 0.15) is 59.1 Å². The summed E-state index contributed by atoms with van der Waals surface area (Å²) in [5.74, 6) is 0.242. The average molecular weight is 466 g/mol. The highest BCUT2D eigenvalue weighted by molar-refractivity contribution is 6.74. The second-order valence-corrected chi connectivity index (χ2v) is 15.3. The van der Waals surface area contributed by atoms with Crippen LogP contribution >= 0.6 is 0 Å². The number of nitrogens with zero attached hydrogens (tertiary/aromatic N) is 2. The van der Waals surface area contributed by atoms with Gasteiger partial charge >= 0.3 is 0 Å². The monoisotopic (exact) mass is 465 g/mol. The molecular weight excluding hydrogens is 430 g/mol. The molecule has 0 saturated carbocycles. The van der Waals surface area contributed by atoms with Crippen LogP contribution in [0.2, 0.25) is 18.1 Å². The van der Waals surface area contributed by atoms with Crippen molar-refractivity contribution in [2.45, 2.75) is 89.4 Å². The first-order valence-electron chi connectivity index (χ1n) is 11.0. The molecule has 9 nitrogen and oxygen atoms in total. The number of rotatable bonds is 7. The zero-order valence-corrected chi connectivity index (χ0v) is 20.9. The molecule has 1 aromatic carbocycles. The Kier molecular flexibility index (Phi) is 6.72. The Balaban J connectivity index is 1.82. The van der Waals surface area contributed by atoms with Crippen molar-refractivity contribution in [1.29, 1.82) is 0 Å². The lowest BCUT2D eigenvalue weighted by atomic mass is 9.86. The predicted octanol–water partition coefficient (Wildman–Crippen LogP) is 3.07. The lowest BCUT2D eigenvalue weighted by Gasteiger charge is -2.42. The van der Waals surface area contributed by atoms with Gasteiger partial charge < -0.3 is 24.7 Å². The minimum atomic E-state index is -2.13. The molecule has 1 aliphatic rings. The topological polar surface area (TPSA) is 127 Å². The Bertz CT molecular complexity index is 968. The molecule has 3 unspecified atom stereocenters. The molecule has 0 saturated heterocycles. The highest BCUT2D eigenvalue weighted by Crippen LogP contribution is 2.42. The van der Waals surface area contributed by atoms with E-state index in [1.165, 1.54) is 0 Å². The van der Waals surface area contributed by atoms with Gasteiger partial charge in [0.05, 0.1) is 18.6 Å². The molecule has 2 aromatic rings. The van der Waals surface area contributed by atoms with E-state index in [0.717, 1.165) is 0 Å². The van der Waals surface area contributed by atoms with Gasteiger partial charge in [0.15, 0.2) is 8.32 Å². The van der Waals surface area contributed by atoms with Gasteiger partial charge in [0.2, 0.25) is 5.91 Å². The number of aromatic nitrogens is 2. The summed E-state index contributed by atoms with van der Waals surface area (Å²) in [5, 5.41) is 31.1. The van der Waals surface area contributed by atoms with Crippen LogP contribution in [0.5, 0.6) is 5.75 Å². The molecule has 0 radical (unpaired) electrons. The number of aliphatic hydroxyl groups is 2. The normalized spacial score (nSPS) is 21.7. The first-order valence-corrected chi connectivity index (χ1v) is 13.9. The lowest BCUT2D eigenvalue weighted by molar-refractivity contribution is -0.127. The van der Waals surface area contributed by atoms with Crippen LogP contribution in [0.4, 0.5) is 0 Å². The van der Waals surface area contributed by atoms with Crippen molar-refractivity contribution in [2.75, 3.05) is 6.61 Å². The largest absolute Gasteiger partial charge is 0.485 e. The molecule has 32 heavy (non-hydrogen) atoms. The number of amides is 1. The van der Waals surface area contributed by atoms with E-state index >= 15 is 0 Å². The van der Waals surface area contributed by atoms with Crippen molar-refractivity contribution >= 4 is 25.3 Å². The van der Waals surface area contributed by atoms with E-state index in [9.17, 15) is 15.0 Å². The average Bonchev–Trinajstić information content (AvgIpc) is 3.10. The Morgan fingerprint density at radius 1 is 1.28 bits per heavy atom. The van der Waals surface area contributed by atoms with Gasteiger partial charge in [0, 0.05) is 18.2 Å². The number of nitrogens with one attached hydrogen (secondary N) is 1. The quantitative estimate of drug-likeness (QED) is 0.533. The van der Waals surface area contributed by atoms with Crippen LogP contribution < -0.4 is 10.1 Å². The summed E-state index contributed by atoms with van der Waals surface area (Å²) in [7, 11) is -2.13. The van der Waals surface area contributed by atoms with Crippen LogP contribution in [0.3, 0.4) is 0 Å². The third kappa shape index (κ3) is 4.98. The van der Waals surface area contributed by atoms with E-state index in [4.69, 9.17) is 13.8 Å². The van der Waals surface area contributed by atoms with Gasteiger partial charge in [-0.25, -0.2) is 4.63 Å². The Labute approximate surface area is 189 Å². The van der Waals surface area contributed by atoms with Crippen LogP contribution in [-0.2, 0) is 9.22 Å². The first kappa shape index (κ1) is 24.6. The van der Waals surface area contributed by atoms with Crippen molar-refractivity contribution in [3.8, 4) is 5.75 Å². The van der Waals surface area contributed by atoms with Crippen molar-refractivity contribution in [2.24, 2.45) is 0 Å². The summed E-state index contributed by atoms with van der Waals surface area (Å²) in [6, 6.07) is 2.70. The van der Waals surface area contributed by atoms with Gasteiger partial charge in [-0.3, -0.25) is 4.79 Å². The van der Waals surface area contributed by atoms with E-state index in [0.29, 0.717) is 28.8 Å². The molecule has 178 valence electrons. The minimum absolute atomic E-state index is 0.0198. The summed E-state index contributed by atoms with van der Waals surface area (Å²) >= 11 is 0. The first-order chi connectivity index (χ1) is 14.7. The van der Waals surface area contributed by atoms with Gasteiger partial charge in [-0.15, -0.1) is 0 Å². The van der Waals surface area contributed by atoms with Gasteiger partial charge in [-0.05, 0) is 54.8 Å². The van der Waals surface area contributed by atoms with E-state index in [1.807, 2.05) is 0 Å². The van der Waals surface area contributed by atoms with Crippen LogP contribution in [-0.4, -0.2) is 59.2 Å². The maximum Gasteiger partial charge on any atom is 0.223 e. The number of carbonyl (C=O) groups excluding carboxylic acids is 1. The zero-order chi connectivity index (χ0) is 23.9. The highest BCUT2D eigenvalue weighted by atomic mass is 28.4. The molecule has 3 N–H and O–H groups in total. The molecule has 0 aliphatic carbocycles. The smallest absolute Gasteiger partial charge is 0.223 e.